The third-order valence-corrected chi connectivity index (χ3v) is 8.89. The summed E-state index contributed by atoms with van der Waals surface area (Å²) in [6, 6.07) is 0. The molecule has 7 heteroatoms. The molecule has 0 spiro atoms. The quantitative estimate of drug-likeness (QED) is 0.124. The summed E-state index contributed by atoms with van der Waals surface area (Å²) in [5, 5.41) is 21.3. The van der Waals surface area contributed by atoms with Gasteiger partial charge >= 0.3 is 11.7 Å². The third kappa shape index (κ3) is 11.5. The highest BCUT2D eigenvalue weighted by Gasteiger charge is 2.33. The summed E-state index contributed by atoms with van der Waals surface area (Å²) >= 11 is 0. The van der Waals surface area contributed by atoms with Gasteiger partial charge in [-0.25, -0.2) is 9.59 Å². The lowest BCUT2D eigenvalue weighted by molar-refractivity contribution is 0.0181. The molecule has 4 N–H and O–H groups in total. The number of nitrogens with two attached hydrogens (primary N) is 1. The Morgan fingerprint density at radius 2 is 1.65 bits per heavy atom. The zero-order valence-electron chi connectivity index (χ0n) is 28.1. The van der Waals surface area contributed by atoms with Gasteiger partial charge < -0.3 is 25.1 Å². The van der Waals surface area contributed by atoms with Crippen molar-refractivity contribution in [2.75, 3.05) is 0 Å². The van der Waals surface area contributed by atoms with Crippen LogP contribution in [0, 0.1) is 55.3 Å². The summed E-state index contributed by atoms with van der Waals surface area (Å²) in [7, 11) is 0. The van der Waals surface area contributed by atoms with Crippen LogP contribution in [-0.4, -0.2) is 28.5 Å². The van der Waals surface area contributed by atoms with Gasteiger partial charge in [0.1, 0.15) is 17.6 Å². The fraction of sp³-hybridized carbons (Fsp3) is 0.611. The van der Waals surface area contributed by atoms with Crippen molar-refractivity contribution in [3.05, 3.63) is 75.9 Å². The van der Waals surface area contributed by atoms with E-state index in [1.165, 1.54) is 5.57 Å². The standard InChI is InChI=1S/C36H57NO6/c1-12-14-15-24(6)34(43-36(37)41)27(9)30(13-2)25(7)18-22(4)19-26(8)32(38)23(5)17-16-21(3)20-31-28(10)33(39)29(11)35(40)42-31/h12,14-17,19,21,23-27,30,32,34,38-39H,1,13,18,20H2,2-11H3,(H2,37,41)/b15-14-,17-16-,22-19-/t21-,23+,24+,25+,26+,27+,30-,32+,34+/m1/s1. The van der Waals surface area contributed by atoms with Crippen LogP contribution in [-0.2, 0) is 11.2 Å². The molecule has 0 aliphatic heterocycles. The molecule has 9 atom stereocenters. The number of hydrogen-bond donors (Lipinski definition) is 3. The topological polar surface area (TPSA) is 123 Å². The molecule has 1 aromatic rings. The number of hydrogen-bond acceptors (Lipinski definition) is 6. The Kier molecular flexibility index (Phi) is 15.8. The van der Waals surface area contributed by atoms with E-state index in [9.17, 15) is 19.8 Å². The second kappa shape index (κ2) is 17.9. The summed E-state index contributed by atoms with van der Waals surface area (Å²) < 4.78 is 11.0. The minimum atomic E-state index is -0.759. The highest BCUT2D eigenvalue weighted by atomic mass is 16.6. The largest absolute Gasteiger partial charge is 0.507 e. The Morgan fingerprint density at radius 3 is 2.21 bits per heavy atom. The van der Waals surface area contributed by atoms with Crippen LogP contribution >= 0.6 is 0 Å². The molecule has 7 nitrogen and oxygen atoms in total. The maximum atomic E-state index is 12.0. The number of aliphatic hydroxyl groups is 1. The Balaban J connectivity index is 2.90. The molecule has 0 aliphatic carbocycles. The first kappa shape index (κ1) is 38.0. The van der Waals surface area contributed by atoms with Crippen LogP contribution in [0.5, 0.6) is 5.75 Å². The van der Waals surface area contributed by atoms with Gasteiger partial charge in [0.2, 0.25) is 0 Å². The van der Waals surface area contributed by atoms with Crippen molar-refractivity contribution in [2.24, 2.45) is 47.2 Å². The molecular formula is C36H57NO6. The van der Waals surface area contributed by atoms with Gasteiger partial charge in [-0.05, 0) is 50.9 Å². The molecule has 0 aromatic carbocycles. The minimum absolute atomic E-state index is 0.00237. The van der Waals surface area contributed by atoms with Crippen molar-refractivity contribution in [3.8, 4) is 5.75 Å². The predicted molar refractivity (Wildman–Crippen MR) is 176 cm³/mol. The number of amides is 1. The molecule has 0 unspecified atom stereocenters. The number of carbonyl (C=O) groups is 1. The van der Waals surface area contributed by atoms with Crippen molar-refractivity contribution < 1.29 is 24.2 Å². The lowest BCUT2D eigenvalue weighted by atomic mass is 9.74. The number of aliphatic hydroxyl groups excluding tert-OH is 1. The maximum absolute atomic E-state index is 12.0. The molecule has 0 radical (unpaired) electrons. The van der Waals surface area contributed by atoms with E-state index in [2.05, 4.69) is 40.3 Å². The van der Waals surface area contributed by atoms with E-state index in [4.69, 9.17) is 14.9 Å². The van der Waals surface area contributed by atoms with Crippen LogP contribution in [0.15, 0.2) is 57.8 Å². The van der Waals surface area contributed by atoms with E-state index in [1.54, 1.807) is 19.9 Å². The van der Waals surface area contributed by atoms with Crippen molar-refractivity contribution in [1.29, 1.82) is 0 Å². The molecule has 1 aromatic heterocycles. The van der Waals surface area contributed by atoms with Crippen LogP contribution < -0.4 is 11.4 Å². The van der Waals surface area contributed by atoms with Gasteiger partial charge in [0.15, 0.2) is 0 Å². The smallest absolute Gasteiger partial charge is 0.404 e. The van der Waals surface area contributed by atoms with Crippen LogP contribution in [0.1, 0.15) is 85.1 Å². The van der Waals surface area contributed by atoms with E-state index in [0.29, 0.717) is 29.6 Å². The van der Waals surface area contributed by atoms with E-state index >= 15 is 0 Å². The van der Waals surface area contributed by atoms with Crippen molar-refractivity contribution in [3.63, 3.8) is 0 Å². The third-order valence-electron chi connectivity index (χ3n) is 8.89. The van der Waals surface area contributed by atoms with Gasteiger partial charge in [0, 0.05) is 29.7 Å². The second-order valence-electron chi connectivity index (χ2n) is 12.7. The average molecular weight is 600 g/mol. The summed E-state index contributed by atoms with van der Waals surface area (Å²) in [4.78, 5) is 23.7. The molecule has 0 fully saturated rings. The number of ether oxygens (including phenoxy) is 1. The van der Waals surface area contributed by atoms with Crippen molar-refractivity contribution in [1.82, 2.24) is 0 Å². The molecule has 43 heavy (non-hydrogen) atoms. The molecule has 0 aliphatic rings. The number of aromatic hydroxyl groups is 1. The highest BCUT2D eigenvalue weighted by molar-refractivity contribution is 5.64. The van der Waals surface area contributed by atoms with E-state index < -0.39 is 17.8 Å². The van der Waals surface area contributed by atoms with Gasteiger partial charge in [-0.3, -0.25) is 0 Å². The maximum Gasteiger partial charge on any atom is 0.404 e. The summed E-state index contributed by atoms with van der Waals surface area (Å²) in [6.45, 7) is 23.7. The van der Waals surface area contributed by atoms with Crippen LogP contribution in [0.2, 0.25) is 0 Å². The first-order valence-electron chi connectivity index (χ1n) is 15.7. The molecule has 1 amide bonds. The van der Waals surface area contributed by atoms with E-state index in [-0.39, 0.29) is 47.0 Å². The van der Waals surface area contributed by atoms with Gasteiger partial charge in [0.25, 0.3) is 0 Å². The Bertz CT molecular complexity index is 1190. The lowest BCUT2D eigenvalue weighted by Crippen LogP contribution is -2.38. The molecular weight excluding hydrogens is 542 g/mol. The minimum Gasteiger partial charge on any atom is -0.507 e. The fourth-order valence-corrected chi connectivity index (χ4v) is 6.29. The Labute approximate surface area is 259 Å². The first-order valence-corrected chi connectivity index (χ1v) is 15.7. The van der Waals surface area contributed by atoms with Crippen molar-refractivity contribution in [2.45, 2.75) is 101 Å². The van der Waals surface area contributed by atoms with Gasteiger partial charge in [-0.2, -0.15) is 0 Å². The molecule has 1 rings (SSSR count). The highest BCUT2D eigenvalue weighted by Crippen LogP contribution is 2.35. The van der Waals surface area contributed by atoms with E-state index in [1.807, 2.05) is 52.0 Å². The van der Waals surface area contributed by atoms with E-state index in [0.717, 1.165) is 12.8 Å². The zero-order valence-corrected chi connectivity index (χ0v) is 28.1. The van der Waals surface area contributed by atoms with Crippen LogP contribution in [0.4, 0.5) is 4.79 Å². The number of primary amides is 1. The first-order chi connectivity index (χ1) is 20.0. The monoisotopic (exact) mass is 599 g/mol. The summed E-state index contributed by atoms with van der Waals surface area (Å²) in [5.74, 6) is 1.12. The van der Waals surface area contributed by atoms with Gasteiger partial charge in [0.05, 0.1) is 11.7 Å². The molecule has 0 bridgehead atoms. The second-order valence-corrected chi connectivity index (χ2v) is 12.7. The molecule has 242 valence electrons. The van der Waals surface area contributed by atoms with Crippen LogP contribution in [0.3, 0.4) is 0 Å². The lowest BCUT2D eigenvalue weighted by Gasteiger charge is -2.36. The van der Waals surface area contributed by atoms with Crippen molar-refractivity contribution >= 4 is 6.09 Å². The number of rotatable bonds is 17. The molecule has 0 saturated heterocycles. The Morgan fingerprint density at radius 1 is 1.02 bits per heavy atom. The van der Waals surface area contributed by atoms with Crippen LogP contribution in [0.25, 0.3) is 0 Å². The average Bonchev–Trinajstić information content (AvgIpc) is 2.94. The summed E-state index contributed by atoms with van der Waals surface area (Å²) in [5.41, 5.74) is 6.94. The normalized spacial score (nSPS) is 18.9. The fourth-order valence-electron chi connectivity index (χ4n) is 6.29. The predicted octanol–water partition coefficient (Wildman–Crippen LogP) is 7.81. The molecule has 1 heterocycles. The Hall–Kier alpha value is -3.06. The number of carbonyl (C=O) groups excluding carboxylic acids is 1. The SMILES string of the molecule is C=C/C=C\[C@H](C)[C@H](OC(N)=O)[C@@H](C)[C@H](CC)[C@@H](C)C/C(C)=C\[C@H](C)[C@@H](O)[C@@H](C)/C=C\[C@@H](C)Cc1oc(=O)c(C)c(O)c1C. The zero-order chi connectivity index (χ0) is 33.0. The van der Waals surface area contributed by atoms with Gasteiger partial charge in [-0.1, -0.05) is 103 Å². The number of allylic oxidation sites excluding steroid dienone is 4. The van der Waals surface area contributed by atoms with Gasteiger partial charge in [-0.15, -0.1) is 0 Å². The summed E-state index contributed by atoms with van der Waals surface area (Å²) in [6.07, 6.45) is 12.4. The molecule has 0 saturated carbocycles.